The van der Waals surface area contributed by atoms with Crippen LogP contribution in [-0.2, 0) is 0 Å². The van der Waals surface area contributed by atoms with Gasteiger partial charge in [-0.2, -0.15) is 0 Å². The number of piperazine rings is 1. The fourth-order valence-electron chi connectivity index (χ4n) is 2.20. The van der Waals surface area contributed by atoms with E-state index in [2.05, 4.69) is 20.2 Å². The Hall–Kier alpha value is -2.05. The normalized spacial score (nSPS) is 15.0. The Bertz CT molecular complexity index is 665. The molecule has 7 heteroatoms. The zero-order valence-electron chi connectivity index (χ0n) is 11.3. The maximum atomic E-state index is 11.4. The first-order chi connectivity index (χ1) is 10.2. The largest absolute Gasteiger partial charge is 0.437 e. The van der Waals surface area contributed by atoms with Crippen LogP contribution in [-0.4, -0.2) is 36.1 Å². The summed E-state index contributed by atoms with van der Waals surface area (Å²) in [5.41, 5.74) is 0.730. The fraction of sp³-hybridized carbons (Fsp3) is 0.286. The Labute approximate surface area is 126 Å². The topological polar surface area (TPSA) is 70.2 Å². The van der Waals surface area contributed by atoms with Crippen LogP contribution in [0.4, 0.5) is 5.69 Å². The predicted octanol–water partition coefficient (Wildman–Crippen LogP) is 1.63. The lowest BCUT2D eigenvalue weighted by molar-refractivity contribution is 0.460. The molecule has 1 aliphatic heterocycles. The number of aromatic amines is 1. The molecule has 0 bridgehead atoms. The number of anilines is 1. The number of H-pyrrole nitrogens is 1. The summed E-state index contributed by atoms with van der Waals surface area (Å²) >= 11 is 5.85. The predicted molar refractivity (Wildman–Crippen MR) is 81.5 cm³/mol. The molecule has 0 radical (unpaired) electrons. The number of aromatic nitrogens is 2. The van der Waals surface area contributed by atoms with Gasteiger partial charge in [-0.15, -0.1) is 0 Å². The molecule has 2 heterocycles. The minimum Gasteiger partial charge on any atom is -0.437 e. The third-order valence-corrected chi connectivity index (χ3v) is 3.63. The molecule has 0 amide bonds. The average molecular weight is 307 g/mol. The van der Waals surface area contributed by atoms with Gasteiger partial charge in [0.15, 0.2) is 5.02 Å². The van der Waals surface area contributed by atoms with Crippen LogP contribution in [0, 0.1) is 0 Å². The average Bonchev–Trinajstić information content (AvgIpc) is 2.53. The van der Waals surface area contributed by atoms with Crippen LogP contribution in [0.3, 0.4) is 0 Å². The molecule has 0 aliphatic carbocycles. The molecule has 6 nitrogen and oxygen atoms in total. The maximum Gasteiger partial charge on any atom is 0.273 e. The van der Waals surface area contributed by atoms with E-state index >= 15 is 0 Å². The molecule has 1 aromatic carbocycles. The third kappa shape index (κ3) is 3.17. The van der Waals surface area contributed by atoms with Crippen molar-refractivity contribution in [3.8, 4) is 11.6 Å². The number of hydrogen-bond donors (Lipinski definition) is 2. The van der Waals surface area contributed by atoms with E-state index in [0.29, 0.717) is 5.75 Å². The molecular formula is C14H15ClN4O2. The quantitative estimate of drug-likeness (QED) is 0.902. The van der Waals surface area contributed by atoms with Gasteiger partial charge in [0.2, 0.25) is 5.88 Å². The van der Waals surface area contributed by atoms with Crippen LogP contribution in [0.1, 0.15) is 0 Å². The zero-order valence-corrected chi connectivity index (χ0v) is 12.1. The van der Waals surface area contributed by atoms with Crippen molar-refractivity contribution in [3.63, 3.8) is 0 Å². The zero-order chi connectivity index (χ0) is 14.7. The molecule has 21 heavy (non-hydrogen) atoms. The minimum atomic E-state index is -0.417. The van der Waals surface area contributed by atoms with Crippen LogP contribution in [0.2, 0.25) is 5.02 Å². The van der Waals surface area contributed by atoms with Gasteiger partial charge in [-0.25, -0.2) is 4.98 Å². The lowest BCUT2D eigenvalue weighted by Gasteiger charge is -2.29. The number of ether oxygens (including phenoxy) is 1. The second-order valence-corrected chi connectivity index (χ2v) is 5.06. The smallest absolute Gasteiger partial charge is 0.273 e. The van der Waals surface area contributed by atoms with Crippen molar-refractivity contribution in [2.75, 3.05) is 31.1 Å². The number of halogens is 1. The van der Waals surface area contributed by atoms with Gasteiger partial charge in [-0.3, -0.25) is 4.79 Å². The SMILES string of the molecule is O=c1[nH]cnc(Oc2ccc(N3CCNCC3)cc2)c1Cl. The standard InChI is InChI=1S/C14H15ClN4O2/c15-12-13(20)17-9-18-14(12)21-11-3-1-10(2-4-11)19-7-5-16-6-8-19/h1-4,9,16H,5-8H2,(H,17,18,20). The van der Waals surface area contributed by atoms with Crippen molar-refractivity contribution in [2.45, 2.75) is 0 Å². The summed E-state index contributed by atoms with van der Waals surface area (Å²) in [5, 5.41) is 3.27. The van der Waals surface area contributed by atoms with Crippen molar-refractivity contribution in [2.24, 2.45) is 0 Å². The van der Waals surface area contributed by atoms with Crippen LogP contribution >= 0.6 is 11.6 Å². The van der Waals surface area contributed by atoms with E-state index in [-0.39, 0.29) is 10.9 Å². The Morgan fingerprint density at radius 3 is 2.62 bits per heavy atom. The molecule has 1 aliphatic rings. The maximum absolute atomic E-state index is 11.4. The Morgan fingerprint density at radius 2 is 1.90 bits per heavy atom. The first-order valence-corrected chi connectivity index (χ1v) is 7.08. The number of rotatable bonds is 3. The molecule has 110 valence electrons. The highest BCUT2D eigenvalue weighted by atomic mass is 35.5. The first kappa shape index (κ1) is 13.9. The van der Waals surface area contributed by atoms with Crippen LogP contribution in [0.5, 0.6) is 11.6 Å². The molecule has 0 saturated carbocycles. The Morgan fingerprint density at radius 1 is 1.19 bits per heavy atom. The molecule has 2 aromatic rings. The summed E-state index contributed by atoms with van der Waals surface area (Å²) < 4.78 is 5.54. The number of benzene rings is 1. The van der Waals surface area contributed by atoms with Crippen LogP contribution < -0.4 is 20.5 Å². The van der Waals surface area contributed by atoms with Gasteiger partial charge >= 0.3 is 0 Å². The molecule has 3 rings (SSSR count). The van der Waals surface area contributed by atoms with Crippen molar-refractivity contribution in [3.05, 3.63) is 46.0 Å². The Balaban J connectivity index is 1.75. The van der Waals surface area contributed by atoms with Crippen molar-refractivity contribution >= 4 is 17.3 Å². The highest BCUT2D eigenvalue weighted by Gasteiger charge is 2.11. The summed E-state index contributed by atoms with van der Waals surface area (Å²) in [5.74, 6) is 0.698. The number of hydrogen-bond acceptors (Lipinski definition) is 5. The summed E-state index contributed by atoms with van der Waals surface area (Å²) in [4.78, 5) is 20.0. The summed E-state index contributed by atoms with van der Waals surface area (Å²) in [6, 6.07) is 7.66. The van der Waals surface area contributed by atoms with E-state index in [1.807, 2.05) is 24.3 Å². The van der Waals surface area contributed by atoms with Gasteiger partial charge in [0.05, 0.1) is 6.33 Å². The van der Waals surface area contributed by atoms with Gasteiger partial charge in [0.1, 0.15) is 5.75 Å². The van der Waals surface area contributed by atoms with Gasteiger partial charge < -0.3 is 19.9 Å². The molecule has 0 spiro atoms. The highest BCUT2D eigenvalue weighted by Crippen LogP contribution is 2.26. The van der Waals surface area contributed by atoms with E-state index in [9.17, 15) is 4.79 Å². The van der Waals surface area contributed by atoms with Crippen LogP contribution in [0.25, 0.3) is 0 Å². The lowest BCUT2D eigenvalue weighted by Crippen LogP contribution is -2.43. The van der Waals surface area contributed by atoms with Crippen molar-refractivity contribution < 1.29 is 4.74 Å². The molecule has 2 N–H and O–H groups in total. The molecule has 0 unspecified atom stereocenters. The Kier molecular flexibility index (Phi) is 4.08. The number of nitrogens with one attached hydrogen (secondary N) is 2. The second-order valence-electron chi connectivity index (χ2n) is 4.68. The minimum absolute atomic E-state index is 0.0521. The number of nitrogens with zero attached hydrogens (tertiary/aromatic N) is 2. The monoisotopic (exact) mass is 306 g/mol. The van der Waals surface area contributed by atoms with Gasteiger partial charge in [-0.1, -0.05) is 11.6 Å². The van der Waals surface area contributed by atoms with E-state index < -0.39 is 5.56 Å². The summed E-state index contributed by atoms with van der Waals surface area (Å²) in [6.45, 7) is 3.96. The molecular weight excluding hydrogens is 292 g/mol. The molecule has 0 atom stereocenters. The van der Waals surface area contributed by atoms with Crippen molar-refractivity contribution in [1.82, 2.24) is 15.3 Å². The van der Waals surface area contributed by atoms with E-state index in [4.69, 9.17) is 16.3 Å². The fourth-order valence-corrected chi connectivity index (χ4v) is 2.34. The van der Waals surface area contributed by atoms with E-state index in [0.717, 1.165) is 31.9 Å². The summed E-state index contributed by atoms with van der Waals surface area (Å²) in [7, 11) is 0. The van der Waals surface area contributed by atoms with Crippen molar-refractivity contribution in [1.29, 1.82) is 0 Å². The second kappa shape index (κ2) is 6.15. The summed E-state index contributed by atoms with van der Waals surface area (Å²) in [6.07, 6.45) is 1.26. The van der Waals surface area contributed by atoms with E-state index in [1.165, 1.54) is 6.33 Å². The highest BCUT2D eigenvalue weighted by molar-refractivity contribution is 6.31. The first-order valence-electron chi connectivity index (χ1n) is 6.71. The van der Waals surface area contributed by atoms with Crippen LogP contribution in [0.15, 0.2) is 35.4 Å². The van der Waals surface area contributed by atoms with Gasteiger partial charge in [-0.05, 0) is 24.3 Å². The third-order valence-electron chi connectivity index (χ3n) is 3.30. The van der Waals surface area contributed by atoms with E-state index in [1.54, 1.807) is 0 Å². The lowest BCUT2D eigenvalue weighted by atomic mass is 10.2. The van der Waals surface area contributed by atoms with Gasteiger partial charge in [0.25, 0.3) is 5.56 Å². The van der Waals surface area contributed by atoms with Gasteiger partial charge in [0, 0.05) is 31.9 Å². The molecule has 1 saturated heterocycles. The molecule has 1 aromatic heterocycles. The molecule has 1 fully saturated rings.